The molecule has 1 aromatic carbocycles. The summed E-state index contributed by atoms with van der Waals surface area (Å²) in [5.74, 6) is 1.92. The highest BCUT2D eigenvalue weighted by molar-refractivity contribution is 5.25. The number of hydrogen-bond donors (Lipinski definition) is 1. The topological polar surface area (TPSA) is 66.0 Å². The Kier molecular flexibility index (Phi) is 4.65. The van der Waals surface area contributed by atoms with Gasteiger partial charge in [0.05, 0.1) is 13.2 Å². The lowest BCUT2D eigenvalue weighted by Crippen LogP contribution is -2.16. The Hall–Kier alpha value is -1.72. The van der Waals surface area contributed by atoms with E-state index in [2.05, 4.69) is 33.8 Å². The molecule has 2 rings (SSSR count). The molecule has 1 unspecified atom stereocenters. The van der Waals surface area contributed by atoms with Gasteiger partial charge in [-0.05, 0) is 5.56 Å². The van der Waals surface area contributed by atoms with Crippen LogP contribution in [0.25, 0.3) is 0 Å². The van der Waals surface area contributed by atoms with Crippen LogP contribution in [0.5, 0.6) is 0 Å². The van der Waals surface area contributed by atoms with Crippen LogP contribution in [0.15, 0.2) is 30.3 Å². The fraction of sp³-hybridized carbons (Fsp3) is 0.429. The minimum Gasteiger partial charge on any atom is -0.383 e. The number of rotatable bonds is 6. The fourth-order valence-corrected chi connectivity index (χ4v) is 2.14. The van der Waals surface area contributed by atoms with Crippen molar-refractivity contribution >= 4 is 0 Å². The highest BCUT2D eigenvalue weighted by atomic mass is 16.5. The molecule has 102 valence electrons. The zero-order valence-electron chi connectivity index (χ0n) is 11.4. The highest BCUT2D eigenvalue weighted by Crippen LogP contribution is 2.22. The van der Waals surface area contributed by atoms with Crippen LogP contribution in [0.2, 0.25) is 0 Å². The molecule has 0 fully saturated rings. The summed E-state index contributed by atoms with van der Waals surface area (Å²) in [5.41, 5.74) is 6.93. The van der Waals surface area contributed by atoms with E-state index in [0.29, 0.717) is 13.2 Å². The molecule has 5 heteroatoms. The van der Waals surface area contributed by atoms with Gasteiger partial charge in [-0.15, -0.1) is 10.2 Å². The Balaban J connectivity index is 2.31. The quantitative estimate of drug-likeness (QED) is 0.855. The summed E-state index contributed by atoms with van der Waals surface area (Å²) in [4.78, 5) is 0. The van der Waals surface area contributed by atoms with E-state index in [1.54, 1.807) is 7.11 Å². The molecule has 0 spiro atoms. The van der Waals surface area contributed by atoms with E-state index < -0.39 is 0 Å². The minimum atomic E-state index is 0.186. The lowest BCUT2D eigenvalue weighted by Gasteiger charge is -2.14. The van der Waals surface area contributed by atoms with E-state index in [0.717, 1.165) is 18.2 Å². The molecular formula is C14H20N4O. The highest BCUT2D eigenvalue weighted by Gasteiger charge is 2.18. The standard InChI is InChI=1S/C14H20N4O/c1-11(12-6-4-3-5-7-12)14-17-16-13(10-15)18(14)8-9-19-2/h3-7,11H,8-10,15H2,1-2H3. The molecule has 1 heterocycles. The van der Waals surface area contributed by atoms with Gasteiger partial charge in [0.2, 0.25) is 0 Å². The smallest absolute Gasteiger partial charge is 0.146 e. The first kappa shape index (κ1) is 13.7. The molecule has 0 aliphatic heterocycles. The maximum absolute atomic E-state index is 5.71. The second-order valence-electron chi connectivity index (χ2n) is 4.46. The Morgan fingerprint density at radius 3 is 2.63 bits per heavy atom. The van der Waals surface area contributed by atoms with Crippen LogP contribution in [-0.2, 0) is 17.8 Å². The van der Waals surface area contributed by atoms with Crippen molar-refractivity contribution in [1.29, 1.82) is 0 Å². The third-order valence-electron chi connectivity index (χ3n) is 3.24. The fourth-order valence-electron chi connectivity index (χ4n) is 2.14. The first-order chi connectivity index (χ1) is 9.27. The van der Waals surface area contributed by atoms with E-state index in [1.165, 1.54) is 5.56 Å². The van der Waals surface area contributed by atoms with E-state index in [9.17, 15) is 0 Å². The maximum atomic E-state index is 5.71. The molecular weight excluding hydrogens is 240 g/mol. The lowest BCUT2D eigenvalue weighted by molar-refractivity contribution is 0.185. The average molecular weight is 260 g/mol. The third-order valence-corrected chi connectivity index (χ3v) is 3.24. The van der Waals surface area contributed by atoms with Crippen molar-refractivity contribution < 1.29 is 4.74 Å². The molecule has 0 aliphatic carbocycles. The van der Waals surface area contributed by atoms with Gasteiger partial charge in [-0.2, -0.15) is 0 Å². The van der Waals surface area contributed by atoms with Crippen LogP contribution in [0, 0.1) is 0 Å². The Labute approximate surface area is 113 Å². The predicted octanol–water partition coefficient (Wildman–Crippen LogP) is 1.53. The SMILES string of the molecule is COCCn1c(CN)nnc1C(C)c1ccccc1. The molecule has 1 atom stereocenters. The number of aromatic nitrogens is 3. The van der Waals surface area contributed by atoms with Gasteiger partial charge >= 0.3 is 0 Å². The summed E-state index contributed by atoms with van der Waals surface area (Å²) >= 11 is 0. The Bertz CT molecular complexity index is 509. The van der Waals surface area contributed by atoms with Crippen LogP contribution in [0.1, 0.15) is 30.1 Å². The summed E-state index contributed by atoms with van der Waals surface area (Å²) in [6, 6.07) is 10.3. The number of hydrogen-bond acceptors (Lipinski definition) is 4. The third kappa shape index (κ3) is 3.00. The average Bonchev–Trinajstić information content (AvgIpc) is 2.88. The minimum absolute atomic E-state index is 0.186. The number of ether oxygens (including phenoxy) is 1. The first-order valence-electron chi connectivity index (χ1n) is 6.43. The van der Waals surface area contributed by atoms with Gasteiger partial charge in [-0.3, -0.25) is 0 Å². The van der Waals surface area contributed by atoms with Gasteiger partial charge in [0.1, 0.15) is 11.6 Å². The number of nitrogens with two attached hydrogens (primary N) is 1. The van der Waals surface area contributed by atoms with E-state index in [4.69, 9.17) is 10.5 Å². The van der Waals surface area contributed by atoms with Crippen LogP contribution >= 0.6 is 0 Å². The van der Waals surface area contributed by atoms with Gasteiger partial charge < -0.3 is 15.0 Å². The van der Waals surface area contributed by atoms with Crippen molar-refractivity contribution in [2.24, 2.45) is 5.73 Å². The van der Waals surface area contributed by atoms with Gasteiger partial charge in [0.15, 0.2) is 0 Å². The normalized spacial score (nSPS) is 12.6. The summed E-state index contributed by atoms with van der Waals surface area (Å²) in [7, 11) is 1.69. The molecule has 0 radical (unpaired) electrons. The number of nitrogens with zero attached hydrogens (tertiary/aromatic N) is 3. The molecule has 5 nitrogen and oxygen atoms in total. The van der Waals surface area contributed by atoms with Crippen LogP contribution in [0.4, 0.5) is 0 Å². The molecule has 0 bridgehead atoms. The van der Waals surface area contributed by atoms with Crippen LogP contribution < -0.4 is 5.73 Å². The summed E-state index contributed by atoms with van der Waals surface area (Å²) in [6.07, 6.45) is 0. The molecule has 0 amide bonds. The second-order valence-corrected chi connectivity index (χ2v) is 4.46. The Morgan fingerprint density at radius 2 is 2.00 bits per heavy atom. The number of methoxy groups -OCH3 is 1. The van der Waals surface area contributed by atoms with Gasteiger partial charge in [-0.1, -0.05) is 37.3 Å². The van der Waals surface area contributed by atoms with Crippen molar-refractivity contribution in [3.63, 3.8) is 0 Å². The van der Waals surface area contributed by atoms with E-state index in [-0.39, 0.29) is 5.92 Å². The zero-order chi connectivity index (χ0) is 13.7. The van der Waals surface area contributed by atoms with Gasteiger partial charge in [0.25, 0.3) is 0 Å². The van der Waals surface area contributed by atoms with Gasteiger partial charge in [0, 0.05) is 19.6 Å². The molecule has 1 aromatic heterocycles. The zero-order valence-corrected chi connectivity index (χ0v) is 11.4. The molecule has 0 saturated carbocycles. The maximum Gasteiger partial charge on any atom is 0.146 e. The van der Waals surface area contributed by atoms with E-state index in [1.807, 2.05) is 18.2 Å². The largest absolute Gasteiger partial charge is 0.383 e. The molecule has 0 saturated heterocycles. The van der Waals surface area contributed by atoms with Crippen LogP contribution in [-0.4, -0.2) is 28.5 Å². The van der Waals surface area contributed by atoms with Crippen molar-refractivity contribution in [3.05, 3.63) is 47.5 Å². The summed E-state index contributed by atoms with van der Waals surface area (Å²) in [6.45, 7) is 3.86. The summed E-state index contributed by atoms with van der Waals surface area (Å²) in [5, 5.41) is 8.46. The number of benzene rings is 1. The molecule has 0 aliphatic rings. The van der Waals surface area contributed by atoms with Crippen molar-refractivity contribution in [2.75, 3.05) is 13.7 Å². The van der Waals surface area contributed by atoms with Crippen molar-refractivity contribution in [3.8, 4) is 0 Å². The van der Waals surface area contributed by atoms with E-state index >= 15 is 0 Å². The van der Waals surface area contributed by atoms with Gasteiger partial charge in [-0.25, -0.2) is 0 Å². The molecule has 2 N–H and O–H groups in total. The Morgan fingerprint density at radius 1 is 1.26 bits per heavy atom. The summed E-state index contributed by atoms with van der Waals surface area (Å²) < 4.78 is 7.19. The predicted molar refractivity (Wildman–Crippen MR) is 73.7 cm³/mol. The molecule has 2 aromatic rings. The molecule has 19 heavy (non-hydrogen) atoms. The first-order valence-corrected chi connectivity index (χ1v) is 6.43. The second kappa shape index (κ2) is 6.45. The van der Waals surface area contributed by atoms with Crippen molar-refractivity contribution in [2.45, 2.75) is 25.9 Å². The van der Waals surface area contributed by atoms with Crippen LogP contribution in [0.3, 0.4) is 0 Å². The van der Waals surface area contributed by atoms with Crippen molar-refractivity contribution in [1.82, 2.24) is 14.8 Å². The lowest BCUT2D eigenvalue weighted by atomic mass is 10.0. The monoisotopic (exact) mass is 260 g/mol.